The molecule has 2 aromatic carbocycles. The Bertz CT molecular complexity index is 1530. The smallest absolute Gasteiger partial charge is 0.419 e. The van der Waals surface area contributed by atoms with E-state index in [0.29, 0.717) is 24.3 Å². The molecule has 2 amide bonds. The maximum Gasteiger partial charge on any atom is 0.419 e. The van der Waals surface area contributed by atoms with Gasteiger partial charge in [0.15, 0.2) is 5.58 Å². The molecule has 1 saturated heterocycles. The van der Waals surface area contributed by atoms with Crippen molar-refractivity contribution in [2.24, 2.45) is 7.05 Å². The minimum absolute atomic E-state index is 0.104. The second kappa shape index (κ2) is 9.68. The van der Waals surface area contributed by atoms with Crippen LogP contribution in [-0.4, -0.2) is 65.3 Å². The van der Waals surface area contributed by atoms with Gasteiger partial charge in [0.05, 0.1) is 18.7 Å². The van der Waals surface area contributed by atoms with Gasteiger partial charge < -0.3 is 24.2 Å². The summed E-state index contributed by atoms with van der Waals surface area (Å²) in [6.07, 6.45) is 3.14. The minimum Gasteiger partial charge on any atom is -0.492 e. The van der Waals surface area contributed by atoms with E-state index >= 15 is 0 Å². The molecule has 6 rings (SSSR count). The van der Waals surface area contributed by atoms with Gasteiger partial charge in [-0.25, -0.2) is 4.79 Å². The molecule has 1 N–H and O–H groups in total. The van der Waals surface area contributed by atoms with Crippen molar-refractivity contribution in [2.75, 3.05) is 26.7 Å². The molecule has 1 spiro atoms. The SMILES string of the molecule is CNC(=O)C(CCC=O)N1Cc2c(ccc3c2OCC32CCN(Cc3ccc4oc(=O)n(C)c4c3)CC2)C1=O. The molecule has 204 valence electrons. The van der Waals surface area contributed by atoms with Gasteiger partial charge in [-0.2, -0.15) is 0 Å². The maximum absolute atomic E-state index is 13.3. The molecule has 0 saturated carbocycles. The lowest BCUT2D eigenvalue weighted by atomic mass is 9.74. The lowest BCUT2D eigenvalue weighted by Crippen LogP contribution is -2.46. The number of hydrogen-bond donors (Lipinski definition) is 1. The number of aldehydes is 1. The molecule has 0 radical (unpaired) electrons. The third-order valence-electron chi connectivity index (χ3n) is 8.70. The highest BCUT2D eigenvalue weighted by molar-refractivity contribution is 6.02. The van der Waals surface area contributed by atoms with Crippen molar-refractivity contribution < 1.29 is 23.5 Å². The number of likely N-dealkylation sites (N-methyl/N-ethyl adjacent to an activating group) is 1. The number of nitrogens with one attached hydrogen (secondary N) is 1. The van der Waals surface area contributed by atoms with Gasteiger partial charge in [-0.15, -0.1) is 0 Å². The fourth-order valence-corrected chi connectivity index (χ4v) is 6.41. The Hall–Kier alpha value is -3.92. The Morgan fingerprint density at radius 3 is 2.72 bits per heavy atom. The summed E-state index contributed by atoms with van der Waals surface area (Å²) in [5.74, 6) is -0.0372. The van der Waals surface area contributed by atoms with Crippen LogP contribution in [0, 0.1) is 0 Å². The number of nitrogens with zero attached hydrogens (tertiary/aromatic N) is 3. The minimum atomic E-state index is -0.696. The molecule has 0 aliphatic carbocycles. The van der Waals surface area contributed by atoms with Crippen LogP contribution in [0.3, 0.4) is 0 Å². The fourth-order valence-electron chi connectivity index (χ4n) is 6.41. The topological polar surface area (TPSA) is 114 Å². The Morgan fingerprint density at radius 2 is 1.97 bits per heavy atom. The van der Waals surface area contributed by atoms with Crippen molar-refractivity contribution in [3.8, 4) is 5.75 Å². The van der Waals surface area contributed by atoms with E-state index in [1.54, 1.807) is 19.0 Å². The number of aromatic nitrogens is 1. The number of amides is 2. The number of rotatable bonds is 7. The molecule has 39 heavy (non-hydrogen) atoms. The zero-order valence-corrected chi connectivity index (χ0v) is 22.2. The van der Waals surface area contributed by atoms with Gasteiger partial charge in [0.2, 0.25) is 5.91 Å². The molecule has 1 fully saturated rings. The molecule has 1 aromatic heterocycles. The van der Waals surface area contributed by atoms with Gasteiger partial charge in [0.1, 0.15) is 18.1 Å². The summed E-state index contributed by atoms with van der Waals surface area (Å²) in [4.78, 5) is 52.6. The van der Waals surface area contributed by atoms with Crippen molar-refractivity contribution in [3.63, 3.8) is 0 Å². The highest BCUT2D eigenvalue weighted by atomic mass is 16.5. The second-order valence-electron chi connectivity index (χ2n) is 10.8. The number of aryl methyl sites for hydroxylation is 1. The molecular formula is C29H32N4O6. The molecule has 4 heterocycles. The summed E-state index contributed by atoms with van der Waals surface area (Å²) < 4.78 is 13.1. The first-order valence-electron chi connectivity index (χ1n) is 13.4. The van der Waals surface area contributed by atoms with Crippen LogP contribution < -0.4 is 15.8 Å². The number of oxazole rings is 1. The Balaban J connectivity index is 1.18. The Kier molecular flexibility index (Phi) is 6.29. The summed E-state index contributed by atoms with van der Waals surface area (Å²) in [5.41, 5.74) is 4.99. The first-order valence-corrected chi connectivity index (χ1v) is 13.4. The number of benzene rings is 2. The molecular weight excluding hydrogens is 500 g/mol. The highest BCUT2D eigenvalue weighted by Crippen LogP contribution is 2.49. The van der Waals surface area contributed by atoms with Gasteiger partial charge in [-0.3, -0.25) is 19.1 Å². The summed E-state index contributed by atoms with van der Waals surface area (Å²) >= 11 is 0. The average Bonchev–Trinajstić information content (AvgIpc) is 3.57. The lowest BCUT2D eigenvalue weighted by molar-refractivity contribution is -0.125. The first kappa shape index (κ1) is 25.4. The van der Waals surface area contributed by atoms with Gasteiger partial charge in [-0.05, 0) is 56.1 Å². The molecule has 1 unspecified atom stereocenters. The monoisotopic (exact) mass is 532 g/mol. The zero-order valence-electron chi connectivity index (χ0n) is 22.2. The van der Waals surface area contributed by atoms with Crippen molar-refractivity contribution in [1.82, 2.24) is 19.7 Å². The first-order chi connectivity index (χ1) is 18.8. The number of fused-ring (bicyclic) bond motifs is 5. The summed E-state index contributed by atoms with van der Waals surface area (Å²) in [5, 5.41) is 2.63. The van der Waals surface area contributed by atoms with E-state index in [0.717, 1.165) is 66.7 Å². The van der Waals surface area contributed by atoms with Crippen LogP contribution in [0.1, 0.15) is 52.7 Å². The Labute approximate surface area is 225 Å². The van der Waals surface area contributed by atoms with Crippen molar-refractivity contribution in [1.29, 1.82) is 0 Å². The van der Waals surface area contributed by atoms with Crippen molar-refractivity contribution in [2.45, 2.75) is 50.2 Å². The molecule has 1 atom stereocenters. The number of ether oxygens (including phenoxy) is 1. The predicted molar refractivity (Wildman–Crippen MR) is 143 cm³/mol. The van der Waals surface area contributed by atoms with Crippen LogP contribution in [0.25, 0.3) is 11.1 Å². The lowest BCUT2D eigenvalue weighted by Gasteiger charge is -2.38. The van der Waals surface area contributed by atoms with Crippen LogP contribution >= 0.6 is 0 Å². The standard InChI is InChI=1S/C29H32N4O6/c1-30-26(35)22(4-3-13-34)33-16-20-19(27(33)36)6-7-21-25(20)38-17-29(21)9-11-32(12-10-29)15-18-5-8-24-23(14-18)31(2)28(37)39-24/h5-8,13-14,22H,3-4,9-12,15-17H2,1-2H3,(H,30,35). The summed E-state index contributed by atoms with van der Waals surface area (Å²) in [6, 6.07) is 9.11. The van der Waals surface area contributed by atoms with E-state index in [9.17, 15) is 19.2 Å². The quantitative estimate of drug-likeness (QED) is 0.464. The van der Waals surface area contributed by atoms with E-state index in [2.05, 4.69) is 10.2 Å². The van der Waals surface area contributed by atoms with E-state index in [4.69, 9.17) is 9.15 Å². The van der Waals surface area contributed by atoms with E-state index in [1.165, 1.54) is 4.57 Å². The van der Waals surface area contributed by atoms with E-state index < -0.39 is 6.04 Å². The van der Waals surface area contributed by atoms with Gasteiger partial charge in [0.25, 0.3) is 5.91 Å². The van der Waals surface area contributed by atoms with Crippen molar-refractivity contribution >= 4 is 29.2 Å². The number of piperidine rings is 1. The van der Waals surface area contributed by atoms with E-state index in [-0.39, 0.29) is 35.8 Å². The predicted octanol–water partition coefficient (Wildman–Crippen LogP) is 2.11. The summed E-state index contributed by atoms with van der Waals surface area (Å²) in [6.45, 7) is 3.47. The second-order valence-corrected chi connectivity index (χ2v) is 10.8. The third kappa shape index (κ3) is 4.14. The van der Waals surface area contributed by atoms with Crippen LogP contribution in [0.4, 0.5) is 0 Å². The Morgan fingerprint density at radius 1 is 1.18 bits per heavy atom. The molecule has 3 aromatic rings. The third-order valence-corrected chi connectivity index (χ3v) is 8.70. The molecule has 3 aliphatic rings. The summed E-state index contributed by atoms with van der Waals surface area (Å²) in [7, 11) is 3.26. The van der Waals surface area contributed by atoms with Gasteiger partial charge in [-0.1, -0.05) is 12.1 Å². The number of carbonyl (C=O) groups is 3. The molecule has 10 nitrogen and oxygen atoms in total. The molecule has 10 heteroatoms. The van der Waals surface area contributed by atoms with Crippen LogP contribution in [-0.2, 0) is 35.1 Å². The molecule has 3 aliphatic heterocycles. The van der Waals surface area contributed by atoms with Crippen LogP contribution in [0.2, 0.25) is 0 Å². The molecule has 0 bridgehead atoms. The normalized spacial score (nSPS) is 18.7. The average molecular weight is 533 g/mol. The highest BCUT2D eigenvalue weighted by Gasteiger charge is 2.47. The van der Waals surface area contributed by atoms with Crippen LogP contribution in [0.15, 0.2) is 39.5 Å². The van der Waals surface area contributed by atoms with Gasteiger partial charge >= 0.3 is 5.76 Å². The number of hydrogen-bond acceptors (Lipinski definition) is 7. The zero-order chi connectivity index (χ0) is 27.3. The number of likely N-dealkylation sites (tertiary alicyclic amines) is 1. The largest absolute Gasteiger partial charge is 0.492 e. The van der Waals surface area contributed by atoms with Crippen LogP contribution in [0.5, 0.6) is 5.75 Å². The maximum atomic E-state index is 13.3. The number of carbonyl (C=O) groups excluding carboxylic acids is 3. The van der Waals surface area contributed by atoms with E-state index in [1.807, 2.05) is 30.3 Å². The van der Waals surface area contributed by atoms with Gasteiger partial charge in [0, 0.05) is 49.2 Å². The van der Waals surface area contributed by atoms with Crippen molar-refractivity contribution in [3.05, 3.63) is 63.1 Å². The fraction of sp³-hybridized carbons (Fsp3) is 0.448.